The summed E-state index contributed by atoms with van der Waals surface area (Å²) in [5.41, 5.74) is 0.800. The molecule has 2 aromatic heterocycles. The van der Waals surface area contributed by atoms with Crippen LogP contribution >= 0.6 is 11.6 Å². The summed E-state index contributed by atoms with van der Waals surface area (Å²) in [4.78, 5) is 21.5. The molecule has 0 spiro atoms. The number of fused-ring (bicyclic) bond motifs is 1. The van der Waals surface area contributed by atoms with E-state index in [9.17, 15) is 18.0 Å². The van der Waals surface area contributed by atoms with Gasteiger partial charge in [0.15, 0.2) is 11.2 Å². The quantitative estimate of drug-likeness (QED) is 0.644. The predicted molar refractivity (Wildman–Crippen MR) is 97.3 cm³/mol. The Hall–Kier alpha value is -2.35. The first-order valence-electron chi connectivity index (χ1n) is 8.44. The summed E-state index contributed by atoms with van der Waals surface area (Å²) in [5, 5.41) is 0.513. The van der Waals surface area contributed by atoms with Crippen molar-refractivity contribution in [2.24, 2.45) is 13.0 Å². The van der Waals surface area contributed by atoms with E-state index in [-0.39, 0.29) is 30.3 Å². The molecular formula is C18H18ClF3N4O. The van der Waals surface area contributed by atoms with Gasteiger partial charge in [-0.25, -0.2) is 9.97 Å². The van der Waals surface area contributed by atoms with Crippen molar-refractivity contribution in [3.63, 3.8) is 0 Å². The second kappa shape index (κ2) is 7.34. The zero-order chi connectivity index (χ0) is 19.8. The molecule has 1 aromatic carbocycles. The van der Waals surface area contributed by atoms with Gasteiger partial charge in [-0.2, -0.15) is 13.2 Å². The summed E-state index contributed by atoms with van der Waals surface area (Å²) in [7, 11) is 1.71. The van der Waals surface area contributed by atoms with E-state index in [2.05, 4.69) is 9.97 Å². The lowest BCUT2D eigenvalue weighted by atomic mass is 10.0. The van der Waals surface area contributed by atoms with Crippen molar-refractivity contribution in [1.82, 2.24) is 19.1 Å². The molecule has 9 heteroatoms. The van der Waals surface area contributed by atoms with Gasteiger partial charge in [-0.05, 0) is 37.1 Å². The summed E-state index contributed by atoms with van der Waals surface area (Å²) >= 11 is 5.91. The lowest BCUT2D eigenvalue weighted by Gasteiger charge is -2.16. The zero-order valence-corrected chi connectivity index (χ0v) is 15.6. The van der Waals surface area contributed by atoms with Crippen LogP contribution in [0.2, 0.25) is 5.02 Å². The molecule has 0 amide bonds. The lowest BCUT2D eigenvalue weighted by Crippen LogP contribution is -2.25. The van der Waals surface area contributed by atoms with Crippen LogP contribution in [0.4, 0.5) is 13.2 Å². The average Bonchev–Trinajstić information content (AvgIpc) is 2.97. The summed E-state index contributed by atoms with van der Waals surface area (Å²) in [5.74, 6) is -1.01. The first-order valence-corrected chi connectivity index (χ1v) is 8.82. The van der Waals surface area contributed by atoms with Crippen LogP contribution in [0.3, 0.4) is 0 Å². The van der Waals surface area contributed by atoms with Crippen molar-refractivity contribution in [3.8, 4) is 5.69 Å². The molecule has 1 unspecified atom stereocenters. The smallest absolute Gasteiger partial charge is 0.318 e. The van der Waals surface area contributed by atoms with Crippen LogP contribution in [0.5, 0.6) is 0 Å². The molecule has 0 aliphatic rings. The highest BCUT2D eigenvalue weighted by Gasteiger charge is 2.35. The van der Waals surface area contributed by atoms with Crippen LogP contribution < -0.4 is 5.56 Å². The molecule has 0 saturated heterocycles. The van der Waals surface area contributed by atoms with Crippen molar-refractivity contribution in [2.75, 3.05) is 0 Å². The van der Waals surface area contributed by atoms with E-state index in [1.165, 1.54) is 10.9 Å². The monoisotopic (exact) mass is 398 g/mol. The van der Waals surface area contributed by atoms with E-state index in [4.69, 9.17) is 11.6 Å². The van der Waals surface area contributed by atoms with Gasteiger partial charge in [0, 0.05) is 18.5 Å². The standard InChI is InChI=1S/C18H18ClF3N4O/c1-11(18(20,21)22)4-3-5-14-24-16-15(23-10-25(16)2)17(27)26(14)13-8-6-12(19)7-9-13/h6-11H,3-5H2,1-2H3. The second-order valence-electron chi connectivity index (χ2n) is 6.51. The Morgan fingerprint density at radius 1 is 1.22 bits per heavy atom. The molecule has 0 saturated carbocycles. The highest BCUT2D eigenvalue weighted by molar-refractivity contribution is 6.30. The normalized spacial score (nSPS) is 13.3. The molecule has 0 aliphatic heterocycles. The molecule has 3 rings (SSSR count). The van der Waals surface area contributed by atoms with Crippen LogP contribution in [0, 0.1) is 5.92 Å². The van der Waals surface area contributed by atoms with Gasteiger partial charge >= 0.3 is 6.18 Å². The highest BCUT2D eigenvalue weighted by atomic mass is 35.5. The Kier molecular flexibility index (Phi) is 5.28. The predicted octanol–water partition coefficient (Wildman–Crippen LogP) is 4.29. The first-order chi connectivity index (χ1) is 12.7. The maximum absolute atomic E-state index is 12.9. The molecule has 5 nitrogen and oxygen atoms in total. The number of hydrogen-bond acceptors (Lipinski definition) is 3. The number of rotatable bonds is 5. The summed E-state index contributed by atoms with van der Waals surface area (Å²) in [6.45, 7) is 1.16. The number of aromatic nitrogens is 4. The number of hydrogen-bond donors (Lipinski definition) is 0. The Balaban J connectivity index is 2.01. The lowest BCUT2D eigenvalue weighted by molar-refractivity contribution is -0.171. The average molecular weight is 399 g/mol. The maximum Gasteiger partial charge on any atom is 0.391 e. The Morgan fingerprint density at radius 2 is 1.89 bits per heavy atom. The number of benzene rings is 1. The fourth-order valence-corrected chi connectivity index (χ4v) is 2.98. The van der Waals surface area contributed by atoms with Crippen molar-refractivity contribution < 1.29 is 13.2 Å². The van der Waals surface area contributed by atoms with Crippen molar-refractivity contribution in [2.45, 2.75) is 32.4 Å². The van der Waals surface area contributed by atoms with Gasteiger partial charge in [0.1, 0.15) is 5.82 Å². The molecule has 3 aromatic rings. The summed E-state index contributed by atoms with van der Waals surface area (Å²) in [6.07, 6.45) is -2.29. The molecule has 144 valence electrons. The fraction of sp³-hybridized carbons (Fsp3) is 0.389. The molecular weight excluding hydrogens is 381 g/mol. The molecule has 1 atom stereocenters. The molecule has 27 heavy (non-hydrogen) atoms. The number of halogens is 4. The van der Waals surface area contributed by atoms with Crippen molar-refractivity contribution in [3.05, 3.63) is 51.8 Å². The van der Waals surface area contributed by atoms with Gasteiger partial charge in [-0.3, -0.25) is 9.36 Å². The third kappa shape index (κ3) is 4.00. The highest BCUT2D eigenvalue weighted by Crippen LogP contribution is 2.29. The SMILES string of the molecule is CC(CCCc1nc2c(ncn2C)c(=O)n1-c1ccc(Cl)cc1)C(F)(F)F. The van der Waals surface area contributed by atoms with Gasteiger partial charge in [-0.1, -0.05) is 18.5 Å². The zero-order valence-electron chi connectivity index (χ0n) is 14.8. The molecule has 0 N–H and O–H groups in total. The first kappa shape index (κ1) is 19.4. The largest absolute Gasteiger partial charge is 0.391 e. The minimum absolute atomic E-state index is 0.0383. The number of nitrogens with zero attached hydrogens (tertiary/aromatic N) is 4. The Bertz CT molecular complexity index is 1010. The number of imidazole rings is 1. The molecule has 0 fully saturated rings. The van der Waals surface area contributed by atoms with Crippen LogP contribution in [0.25, 0.3) is 16.9 Å². The van der Waals surface area contributed by atoms with Crippen LogP contribution in [0.15, 0.2) is 35.4 Å². The van der Waals surface area contributed by atoms with Gasteiger partial charge < -0.3 is 4.57 Å². The summed E-state index contributed by atoms with van der Waals surface area (Å²) < 4.78 is 41.2. The molecule has 0 aliphatic carbocycles. The fourth-order valence-electron chi connectivity index (χ4n) is 2.86. The number of aryl methyl sites for hydroxylation is 2. The minimum Gasteiger partial charge on any atom is -0.318 e. The van der Waals surface area contributed by atoms with Crippen molar-refractivity contribution in [1.29, 1.82) is 0 Å². The van der Waals surface area contributed by atoms with Crippen molar-refractivity contribution >= 4 is 22.8 Å². The second-order valence-corrected chi connectivity index (χ2v) is 6.94. The van der Waals surface area contributed by atoms with Gasteiger partial charge in [0.25, 0.3) is 5.56 Å². The minimum atomic E-state index is -4.23. The number of alkyl halides is 3. The Labute approximate surface area is 158 Å². The third-order valence-corrected chi connectivity index (χ3v) is 4.74. The third-order valence-electron chi connectivity index (χ3n) is 4.49. The summed E-state index contributed by atoms with van der Waals surface area (Å²) in [6, 6.07) is 6.62. The van der Waals surface area contributed by atoms with Crippen LogP contribution in [-0.4, -0.2) is 25.3 Å². The van der Waals surface area contributed by atoms with E-state index in [1.54, 1.807) is 35.9 Å². The topological polar surface area (TPSA) is 52.7 Å². The van der Waals surface area contributed by atoms with E-state index in [0.717, 1.165) is 6.92 Å². The molecule has 0 radical (unpaired) electrons. The van der Waals surface area contributed by atoms with Gasteiger partial charge in [-0.15, -0.1) is 0 Å². The van der Waals surface area contributed by atoms with E-state index in [0.29, 0.717) is 22.2 Å². The van der Waals surface area contributed by atoms with E-state index in [1.807, 2.05) is 0 Å². The maximum atomic E-state index is 12.9. The van der Waals surface area contributed by atoms with Crippen LogP contribution in [-0.2, 0) is 13.5 Å². The molecule has 2 heterocycles. The molecule has 0 bridgehead atoms. The van der Waals surface area contributed by atoms with E-state index >= 15 is 0 Å². The van der Waals surface area contributed by atoms with E-state index < -0.39 is 12.1 Å². The van der Waals surface area contributed by atoms with Gasteiger partial charge in [0.05, 0.1) is 17.9 Å². The van der Waals surface area contributed by atoms with Gasteiger partial charge in [0.2, 0.25) is 0 Å². The Morgan fingerprint density at radius 3 is 2.52 bits per heavy atom. The van der Waals surface area contributed by atoms with Crippen LogP contribution in [0.1, 0.15) is 25.6 Å².